The van der Waals surface area contributed by atoms with Crippen LogP contribution < -0.4 is 15.5 Å². The van der Waals surface area contributed by atoms with E-state index in [-0.39, 0.29) is 5.41 Å². The quantitative estimate of drug-likeness (QED) is 0.461. The molecular weight excluding hydrogens is 432 g/mol. The van der Waals surface area contributed by atoms with Crippen molar-refractivity contribution in [3.8, 4) is 5.75 Å². The SMILES string of the molecule is CCN(C)c1cccc(C)c1Pc1cc(C)cc(C(C)(C)C)c1O.[Cl][Ti][Cl]. The summed E-state index contributed by atoms with van der Waals surface area (Å²) in [6.07, 6.45) is 0. The van der Waals surface area contributed by atoms with Crippen molar-refractivity contribution in [2.24, 2.45) is 0 Å². The van der Waals surface area contributed by atoms with Gasteiger partial charge in [-0.15, -0.1) is 0 Å². The first-order valence-electron chi connectivity index (χ1n) is 8.94. The van der Waals surface area contributed by atoms with Gasteiger partial charge in [0.15, 0.2) is 0 Å². The maximum atomic E-state index is 10.9. The molecule has 0 spiro atoms. The number of phenols is 1. The number of aromatic hydroxyl groups is 1. The van der Waals surface area contributed by atoms with Crippen molar-refractivity contribution in [2.45, 2.75) is 47.0 Å². The second-order valence-corrected chi connectivity index (χ2v) is 11.5. The third-order valence-corrected chi connectivity index (χ3v) is 6.01. The molecule has 0 radical (unpaired) electrons. The molecule has 1 atom stereocenters. The van der Waals surface area contributed by atoms with Crippen LogP contribution in [0.5, 0.6) is 5.75 Å². The second-order valence-electron chi connectivity index (χ2n) is 7.64. The number of aryl methyl sites for hydroxylation is 2. The van der Waals surface area contributed by atoms with Gasteiger partial charge in [-0.1, -0.05) is 47.6 Å². The molecular formula is C21H30Cl2NOPTi. The van der Waals surface area contributed by atoms with Crippen LogP contribution in [0.15, 0.2) is 30.3 Å². The Morgan fingerprint density at radius 3 is 2.26 bits per heavy atom. The van der Waals surface area contributed by atoms with Gasteiger partial charge in [-0.25, -0.2) is 0 Å². The maximum absolute atomic E-state index is 10.9. The van der Waals surface area contributed by atoms with Crippen molar-refractivity contribution >= 4 is 43.5 Å². The summed E-state index contributed by atoms with van der Waals surface area (Å²) >= 11 is -0.556. The summed E-state index contributed by atoms with van der Waals surface area (Å²) in [5, 5.41) is 13.2. The summed E-state index contributed by atoms with van der Waals surface area (Å²) in [6.45, 7) is 13.9. The standard InChI is InChI=1S/C21H30NOP.2ClH.Ti/c1-8-22(7)17-11-9-10-15(3)20(17)24-18-13-14(2)12-16(19(18)23)21(4,5)6;;;/h9-13,23-24H,8H2,1-7H3;2*1H;/q;;;+2/p-2. The molecule has 2 rings (SSSR count). The first-order chi connectivity index (χ1) is 12.6. The number of benzene rings is 2. The molecule has 0 bridgehead atoms. The number of nitrogens with zero attached hydrogens (tertiary/aromatic N) is 1. The zero-order valence-corrected chi connectivity index (χ0v) is 21.3. The summed E-state index contributed by atoms with van der Waals surface area (Å²) in [5.74, 6) is 0.458. The van der Waals surface area contributed by atoms with E-state index < -0.39 is 17.0 Å². The van der Waals surface area contributed by atoms with Crippen LogP contribution in [0, 0.1) is 13.8 Å². The van der Waals surface area contributed by atoms with Gasteiger partial charge in [-0.3, -0.25) is 0 Å². The molecule has 0 aliphatic heterocycles. The first kappa shape index (κ1) is 24.8. The van der Waals surface area contributed by atoms with Crippen LogP contribution in [0.25, 0.3) is 0 Å². The molecule has 2 aromatic rings. The van der Waals surface area contributed by atoms with Gasteiger partial charge in [-0.05, 0) is 49.4 Å². The zero-order chi connectivity index (χ0) is 20.8. The molecule has 2 aromatic carbocycles. The van der Waals surface area contributed by atoms with Gasteiger partial charge in [0, 0.05) is 35.5 Å². The Bertz CT molecular complexity index is 763. The average Bonchev–Trinajstić information content (AvgIpc) is 2.58. The summed E-state index contributed by atoms with van der Waals surface area (Å²) in [7, 11) is 12.4. The van der Waals surface area contributed by atoms with Gasteiger partial charge in [-0.2, -0.15) is 0 Å². The minimum atomic E-state index is -0.556. The molecule has 1 unspecified atom stereocenters. The van der Waals surface area contributed by atoms with Crippen molar-refractivity contribution in [2.75, 3.05) is 18.5 Å². The van der Waals surface area contributed by atoms with Gasteiger partial charge < -0.3 is 10.0 Å². The van der Waals surface area contributed by atoms with Crippen LogP contribution in [-0.2, 0) is 22.4 Å². The molecule has 0 heterocycles. The second kappa shape index (κ2) is 11.1. The van der Waals surface area contributed by atoms with Crippen molar-refractivity contribution in [1.29, 1.82) is 0 Å². The van der Waals surface area contributed by atoms with E-state index >= 15 is 0 Å². The first-order valence-corrected chi connectivity index (χ1v) is 14.2. The fourth-order valence-corrected chi connectivity index (χ4v) is 4.39. The predicted molar refractivity (Wildman–Crippen MR) is 121 cm³/mol. The fourth-order valence-electron chi connectivity index (χ4n) is 2.88. The number of hydrogen-bond donors (Lipinski definition) is 1. The Kier molecular flexibility index (Phi) is 10.2. The molecule has 0 saturated heterocycles. The monoisotopic (exact) mass is 461 g/mol. The molecule has 0 aliphatic carbocycles. The molecule has 0 fully saturated rings. The Morgan fingerprint density at radius 1 is 1.15 bits per heavy atom. The predicted octanol–water partition coefficient (Wildman–Crippen LogP) is 5.77. The summed E-state index contributed by atoms with van der Waals surface area (Å²) in [6, 6.07) is 10.7. The zero-order valence-electron chi connectivity index (χ0n) is 17.2. The van der Waals surface area contributed by atoms with Gasteiger partial charge in [0.05, 0.1) is 0 Å². The molecule has 0 saturated carbocycles. The number of halogens is 2. The molecule has 6 heteroatoms. The third-order valence-electron chi connectivity index (χ3n) is 4.46. The van der Waals surface area contributed by atoms with Crippen LogP contribution in [0.1, 0.15) is 44.4 Å². The van der Waals surface area contributed by atoms with Crippen molar-refractivity contribution in [3.05, 3.63) is 47.0 Å². The summed E-state index contributed by atoms with van der Waals surface area (Å²) in [5.41, 5.74) is 4.71. The van der Waals surface area contributed by atoms with Crippen LogP contribution in [0.4, 0.5) is 5.69 Å². The van der Waals surface area contributed by atoms with E-state index in [9.17, 15) is 5.11 Å². The Balaban J connectivity index is 0.00000114. The number of rotatable bonds is 4. The van der Waals surface area contributed by atoms with Gasteiger partial charge >= 0.3 is 35.6 Å². The van der Waals surface area contributed by atoms with Gasteiger partial charge in [0.25, 0.3) is 0 Å². The summed E-state index contributed by atoms with van der Waals surface area (Å²) < 4.78 is 0. The Labute approximate surface area is 183 Å². The topological polar surface area (TPSA) is 23.5 Å². The molecule has 0 aliphatic rings. The van der Waals surface area contributed by atoms with Crippen LogP contribution in [-0.4, -0.2) is 18.7 Å². The van der Waals surface area contributed by atoms with Crippen molar-refractivity contribution < 1.29 is 22.1 Å². The van der Waals surface area contributed by atoms with Crippen molar-refractivity contribution in [3.63, 3.8) is 0 Å². The summed E-state index contributed by atoms with van der Waals surface area (Å²) in [4.78, 5) is 2.27. The third kappa shape index (κ3) is 6.95. The number of anilines is 1. The van der Waals surface area contributed by atoms with Crippen LogP contribution >= 0.6 is 27.2 Å². The van der Waals surface area contributed by atoms with E-state index in [1.807, 2.05) is 0 Å². The van der Waals surface area contributed by atoms with Crippen molar-refractivity contribution in [1.82, 2.24) is 0 Å². The number of phenolic OH excluding ortho intramolecular Hbond substituents is 1. The molecule has 27 heavy (non-hydrogen) atoms. The normalized spacial score (nSPS) is 11.3. The molecule has 2 nitrogen and oxygen atoms in total. The molecule has 0 aromatic heterocycles. The molecule has 148 valence electrons. The van der Waals surface area contributed by atoms with Gasteiger partial charge in [0.1, 0.15) is 5.75 Å². The molecule has 0 amide bonds. The van der Waals surface area contributed by atoms with E-state index in [0.717, 1.165) is 17.4 Å². The number of hydrogen-bond acceptors (Lipinski definition) is 2. The minimum absolute atomic E-state index is 0.0654. The van der Waals surface area contributed by atoms with E-state index in [4.69, 9.17) is 18.6 Å². The Hall–Kier alpha value is -0.236. The average molecular weight is 462 g/mol. The molecule has 1 N–H and O–H groups in total. The fraction of sp³-hybridized carbons (Fsp3) is 0.429. The van der Waals surface area contributed by atoms with Crippen LogP contribution in [0.3, 0.4) is 0 Å². The van der Waals surface area contributed by atoms with Gasteiger partial charge in [0.2, 0.25) is 0 Å². The van der Waals surface area contributed by atoms with E-state index in [2.05, 4.69) is 83.8 Å². The van der Waals surface area contributed by atoms with E-state index in [1.165, 1.54) is 22.1 Å². The Morgan fingerprint density at radius 2 is 1.74 bits per heavy atom. The van der Waals surface area contributed by atoms with E-state index in [0.29, 0.717) is 14.3 Å². The van der Waals surface area contributed by atoms with Crippen LogP contribution in [0.2, 0.25) is 0 Å². The van der Waals surface area contributed by atoms with E-state index in [1.54, 1.807) is 0 Å².